The summed E-state index contributed by atoms with van der Waals surface area (Å²) in [5.41, 5.74) is 10.7. The lowest BCUT2D eigenvalue weighted by molar-refractivity contribution is -0.144. The zero-order valence-corrected chi connectivity index (χ0v) is 19.9. The maximum absolute atomic E-state index is 12.7. The number of carbonyl (C=O) groups excluding carboxylic acids is 2. The van der Waals surface area contributed by atoms with Crippen LogP contribution in [0.1, 0.15) is 41.9 Å². The topological polar surface area (TPSA) is 266 Å². The number of aliphatic carboxylic acids is 2. The number of anilines is 3. The van der Waals surface area contributed by atoms with Crippen LogP contribution in [0.3, 0.4) is 0 Å². The van der Waals surface area contributed by atoms with Crippen LogP contribution in [0.5, 0.6) is 0 Å². The zero-order chi connectivity index (χ0) is 28.0. The Bertz CT molecular complexity index is 1440. The third kappa shape index (κ3) is 6.48. The molecule has 3 aromatic rings. The number of nitrogens with one attached hydrogen (secondary N) is 3. The summed E-state index contributed by atoms with van der Waals surface area (Å²) in [7, 11) is 0. The minimum atomic E-state index is -1.40. The molecule has 0 saturated carbocycles. The molecule has 2 heterocycles. The number of hydrogen-bond acceptors (Lipinski definition) is 12. The van der Waals surface area contributed by atoms with Crippen molar-refractivity contribution in [2.75, 3.05) is 23.4 Å². The molecule has 1 unspecified atom stereocenters. The van der Waals surface area contributed by atoms with E-state index in [1.165, 1.54) is 24.3 Å². The maximum Gasteiger partial charge on any atom is 0.335 e. The number of nitrogen functional groups attached to an aromatic ring is 2. The van der Waals surface area contributed by atoms with Gasteiger partial charge in [0.05, 0.1) is 6.61 Å². The molecule has 38 heavy (non-hydrogen) atoms. The molecule has 1 amide bonds. The molecular formula is C22H24N8O8. The summed E-state index contributed by atoms with van der Waals surface area (Å²) in [6.45, 7) is 1.59. The van der Waals surface area contributed by atoms with E-state index >= 15 is 0 Å². The first kappa shape index (κ1) is 27.3. The number of benzene rings is 1. The maximum atomic E-state index is 12.7. The number of ether oxygens (including phenoxy) is 1. The SMILES string of the molecule is CCOC(=O)C(Nc1ccc(C(=O)N[C@H](CCC(=O)O)C(=O)O)cc1)c1nc2c(N)nc(N)nc2[nH]c1=O. The van der Waals surface area contributed by atoms with Gasteiger partial charge in [0.25, 0.3) is 11.5 Å². The fourth-order valence-electron chi connectivity index (χ4n) is 3.34. The molecule has 1 aromatic carbocycles. The number of nitrogens with zero attached hydrogens (tertiary/aromatic N) is 3. The third-order valence-corrected chi connectivity index (χ3v) is 5.13. The van der Waals surface area contributed by atoms with E-state index in [-0.39, 0.29) is 52.9 Å². The predicted molar refractivity (Wildman–Crippen MR) is 132 cm³/mol. The van der Waals surface area contributed by atoms with Gasteiger partial charge in [-0.15, -0.1) is 0 Å². The molecular weight excluding hydrogens is 504 g/mol. The quantitative estimate of drug-likeness (QED) is 0.157. The summed E-state index contributed by atoms with van der Waals surface area (Å²) >= 11 is 0. The van der Waals surface area contributed by atoms with E-state index in [4.69, 9.17) is 21.3 Å². The highest BCUT2D eigenvalue weighted by Gasteiger charge is 2.28. The number of H-pyrrole nitrogens is 1. The lowest BCUT2D eigenvalue weighted by Crippen LogP contribution is -2.41. The number of amides is 1. The lowest BCUT2D eigenvalue weighted by atomic mass is 10.1. The monoisotopic (exact) mass is 528 g/mol. The fraction of sp³-hybridized carbons (Fsp3) is 0.273. The Kier molecular flexibility index (Phi) is 8.36. The van der Waals surface area contributed by atoms with Gasteiger partial charge in [-0.25, -0.2) is 14.6 Å². The normalized spacial score (nSPS) is 12.3. The molecule has 0 fully saturated rings. The number of esters is 1. The lowest BCUT2D eigenvalue weighted by Gasteiger charge is -2.18. The van der Waals surface area contributed by atoms with Crippen LogP contribution >= 0.6 is 0 Å². The van der Waals surface area contributed by atoms with E-state index in [1.54, 1.807) is 6.92 Å². The van der Waals surface area contributed by atoms with Crippen LogP contribution in [0.2, 0.25) is 0 Å². The molecule has 200 valence electrons. The van der Waals surface area contributed by atoms with Crippen molar-refractivity contribution in [2.45, 2.75) is 31.8 Å². The number of carboxylic acids is 2. The number of carbonyl (C=O) groups is 4. The molecule has 0 saturated heterocycles. The van der Waals surface area contributed by atoms with E-state index in [0.29, 0.717) is 0 Å². The van der Waals surface area contributed by atoms with Crippen LogP contribution < -0.4 is 27.7 Å². The zero-order valence-electron chi connectivity index (χ0n) is 19.9. The molecule has 2 aromatic heterocycles. The summed E-state index contributed by atoms with van der Waals surface area (Å²) in [5, 5.41) is 23.1. The number of hydrogen-bond donors (Lipinski definition) is 7. The van der Waals surface area contributed by atoms with Crippen molar-refractivity contribution in [3.8, 4) is 0 Å². The van der Waals surface area contributed by atoms with Crippen LogP contribution in [0.25, 0.3) is 11.2 Å². The highest BCUT2D eigenvalue weighted by atomic mass is 16.5. The summed E-state index contributed by atoms with van der Waals surface area (Å²) in [4.78, 5) is 74.3. The van der Waals surface area contributed by atoms with Gasteiger partial charge in [0.2, 0.25) is 5.95 Å². The van der Waals surface area contributed by atoms with Crippen molar-refractivity contribution in [2.24, 2.45) is 0 Å². The van der Waals surface area contributed by atoms with E-state index < -0.39 is 47.9 Å². The van der Waals surface area contributed by atoms with E-state index in [0.717, 1.165) is 0 Å². The second kappa shape index (κ2) is 11.6. The van der Waals surface area contributed by atoms with Crippen LogP contribution in [-0.2, 0) is 19.1 Å². The van der Waals surface area contributed by atoms with Crippen molar-refractivity contribution in [3.05, 3.63) is 45.9 Å². The number of carboxylic acid groups (broad SMARTS) is 2. The van der Waals surface area contributed by atoms with Gasteiger partial charge in [0.15, 0.2) is 17.5 Å². The van der Waals surface area contributed by atoms with Gasteiger partial charge in [-0.3, -0.25) is 14.4 Å². The average molecular weight is 528 g/mol. The molecule has 0 aliphatic rings. The molecule has 16 nitrogen and oxygen atoms in total. The minimum Gasteiger partial charge on any atom is -0.481 e. The number of aromatic amines is 1. The first-order chi connectivity index (χ1) is 18.0. The van der Waals surface area contributed by atoms with Crippen molar-refractivity contribution < 1.29 is 34.1 Å². The highest BCUT2D eigenvalue weighted by molar-refractivity contribution is 5.97. The summed E-state index contributed by atoms with van der Waals surface area (Å²) in [6, 6.07) is 2.68. The number of rotatable bonds is 11. The summed E-state index contributed by atoms with van der Waals surface area (Å²) in [6.07, 6.45) is -0.741. The van der Waals surface area contributed by atoms with Crippen molar-refractivity contribution in [1.82, 2.24) is 25.3 Å². The van der Waals surface area contributed by atoms with Crippen LogP contribution in [0.15, 0.2) is 29.1 Å². The Morgan fingerprint density at radius 3 is 2.37 bits per heavy atom. The first-order valence-electron chi connectivity index (χ1n) is 11.1. The summed E-state index contributed by atoms with van der Waals surface area (Å²) < 4.78 is 5.08. The third-order valence-electron chi connectivity index (χ3n) is 5.13. The number of nitrogens with two attached hydrogens (primary N) is 2. The second-order valence-electron chi connectivity index (χ2n) is 7.82. The Morgan fingerprint density at radius 1 is 1.08 bits per heavy atom. The molecule has 0 radical (unpaired) electrons. The molecule has 16 heteroatoms. The molecule has 0 aliphatic heterocycles. The fourth-order valence-corrected chi connectivity index (χ4v) is 3.34. The van der Waals surface area contributed by atoms with Gasteiger partial charge in [-0.2, -0.15) is 9.97 Å². The highest BCUT2D eigenvalue weighted by Crippen LogP contribution is 2.21. The average Bonchev–Trinajstić information content (AvgIpc) is 2.85. The van der Waals surface area contributed by atoms with Gasteiger partial charge < -0.3 is 42.0 Å². The molecule has 9 N–H and O–H groups in total. The Morgan fingerprint density at radius 2 is 1.76 bits per heavy atom. The Hall–Kier alpha value is -5.28. The Balaban J connectivity index is 1.86. The molecule has 0 aliphatic carbocycles. The van der Waals surface area contributed by atoms with Gasteiger partial charge in [-0.1, -0.05) is 0 Å². The predicted octanol–water partition coefficient (Wildman–Crippen LogP) is -0.358. The Labute approximate surface area is 213 Å². The molecule has 0 spiro atoms. The van der Waals surface area contributed by atoms with Crippen LogP contribution in [0, 0.1) is 0 Å². The molecule has 3 rings (SSSR count). The minimum absolute atomic E-state index is 0.00722. The van der Waals surface area contributed by atoms with Crippen molar-refractivity contribution in [3.63, 3.8) is 0 Å². The van der Waals surface area contributed by atoms with Gasteiger partial charge >= 0.3 is 17.9 Å². The molecule has 2 atom stereocenters. The second-order valence-corrected chi connectivity index (χ2v) is 7.82. The number of aromatic nitrogens is 4. The van der Waals surface area contributed by atoms with Crippen molar-refractivity contribution >= 4 is 52.4 Å². The van der Waals surface area contributed by atoms with Crippen molar-refractivity contribution in [1.29, 1.82) is 0 Å². The van der Waals surface area contributed by atoms with Gasteiger partial charge in [-0.05, 0) is 37.6 Å². The van der Waals surface area contributed by atoms with E-state index in [1.807, 2.05) is 0 Å². The molecule has 0 bridgehead atoms. The standard InChI is InChI=1S/C22H24N8O8/c1-2-38-21(37)14(13-19(34)29-17-15(27-13)16(23)28-22(24)30-17)25-10-5-3-9(4-6-10)18(33)26-11(20(35)36)7-8-12(31)32/h3-6,11,14,25H,2,7-8H2,1H3,(H,26,33)(H,31,32)(H,35,36)(H5,23,24,28,29,30,34)/t11-,14?/m1/s1. The number of fused-ring (bicyclic) bond motifs is 1. The van der Waals surface area contributed by atoms with Gasteiger partial charge in [0, 0.05) is 17.7 Å². The summed E-state index contributed by atoms with van der Waals surface area (Å²) in [5.74, 6) is -4.46. The largest absolute Gasteiger partial charge is 0.481 e. The van der Waals surface area contributed by atoms with E-state index in [2.05, 4.69) is 30.6 Å². The van der Waals surface area contributed by atoms with Gasteiger partial charge in [0.1, 0.15) is 17.3 Å². The first-order valence-corrected chi connectivity index (χ1v) is 11.1. The smallest absolute Gasteiger partial charge is 0.335 e. The van der Waals surface area contributed by atoms with Crippen LogP contribution in [0.4, 0.5) is 17.5 Å². The van der Waals surface area contributed by atoms with E-state index in [9.17, 15) is 29.1 Å². The van der Waals surface area contributed by atoms with Crippen LogP contribution in [-0.4, -0.2) is 66.6 Å².